The van der Waals surface area contributed by atoms with Crippen molar-refractivity contribution in [1.82, 2.24) is 4.98 Å². The Labute approximate surface area is 126 Å². The van der Waals surface area contributed by atoms with E-state index < -0.39 is 0 Å². The molecular formula is C19H20N2. The second-order valence-corrected chi connectivity index (χ2v) is 5.16. The van der Waals surface area contributed by atoms with Gasteiger partial charge in [0.1, 0.15) is 0 Å². The quantitative estimate of drug-likeness (QED) is 0.690. The number of hydrogen-bond acceptors (Lipinski definition) is 2. The van der Waals surface area contributed by atoms with Crippen molar-refractivity contribution < 1.29 is 0 Å². The fourth-order valence-electron chi connectivity index (χ4n) is 2.71. The maximum Gasteiger partial charge on any atom is 0.0722 e. The van der Waals surface area contributed by atoms with Gasteiger partial charge in [-0.2, -0.15) is 0 Å². The summed E-state index contributed by atoms with van der Waals surface area (Å²) in [5.74, 6) is 0. The van der Waals surface area contributed by atoms with E-state index in [2.05, 4.69) is 71.4 Å². The number of aromatic nitrogens is 1. The van der Waals surface area contributed by atoms with Crippen LogP contribution in [0.3, 0.4) is 0 Å². The molecule has 0 unspecified atom stereocenters. The molecule has 2 aromatic carbocycles. The third-order valence-electron chi connectivity index (χ3n) is 3.86. The smallest absolute Gasteiger partial charge is 0.0722 e. The number of fused-ring (bicyclic) bond motifs is 1. The van der Waals surface area contributed by atoms with Gasteiger partial charge in [0.05, 0.1) is 5.52 Å². The van der Waals surface area contributed by atoms with E-state index in [0.717, 1.165) is 25.0 Å². The molecule has 2 heteroatoms. The Hall–Kier alpha value is -2.35. The molecule has 0 spiro atoms. The van der Waals surface area contributed by atoms with Crippen molar-refractivity contribution in [2.45, 2.75) is 13.3 Å². The first-order valence-electron chi connectivity index (χ1n) is 7.51. The predicted octanol–water partition coefficient (Wildman–Crippen LogP) is 4.30. The van der Waals surface area contributed by atoms with Crippen LogP contribution in [0.15, 0.2) is 66.9 Å². The maximum absolute atomic E-state index is 4.45. The Morgan fingerprint density at radius 3 is 2.48 bits per heavy atom. The molecule has 106 valence electrons. The third kappa shape index (κ3) is 3.05. The fourth-order valence-corrected chi connectivity index (χ4v) is 2.71. The SMILES string of the molecule is CCN(CCc1ccccc1)c1ccnc2ccccc12. The molecule has 3 rings (SSSR count). The molecule has 0 aliphatic rings. The Balaban J connectivity index is 1.85. The van der Waals surface area contributed by atoms with Gasteiger partial charge in [0.15, 0.2) is 0 Å². The van der Waals surface area contributed by atoms with Crippen molar-refractivity contribution in [3.8, 4) is 0 Å². The Bertz CT molecular complexity index is 702. The minimum Gasteiger partial charge on any atom is -0.371 e. The summed E-state index contributed by atoms with van der Waals surface area (Å²) in [6.45, 7) is 4.23. The highest BCUT2D eigenvalue weighted by molar-refractivity contribution is 5.91. The first kappa shape index (κ1) is 13.6. The van der Waals surface area contributed by atoms with Crippen molar-refractivity contribution in [3.63, 3.8) is 0 Å². The molecule has 0 N–H and O–H groups in total. The number of likely N-dealkylation sites (N-methyl/N-ethyl adjacent to an activating group) is 1. The highest BCUT2D eigenvalue weighted by Crippen LogP contribution is 2.25. The number of para-hydroxylation sites is 1. The molecular weight excluding hydrogens is 256 g/mol. The number of hydrogen-bond donors (Lipinski definition) is 0. The van der Waals surface area contributed by atoms with Crippen LogP contribution in [0.1, 0.15) is 12.5 Å². The van der Waals surface area contributed by atoms with Crippen LogP contribution in [0.25, 0.3) is 10.9 Å². The van der Waals surface area contributed by atoms with Crippen LogP contribution in [0, 0.1) is 0 Å². The second-order valence-electron chi connectivity index (χ2n) is 5.16. The van der Waals surface area contributed by atoms with E-state index in [4.69, 9.17) is 0 Å². The van der Waals surface area contributed by atoms with E-state index in [0.29, 0.717) is 0 Å². The van der Waals surface area contributed by atoms with Gasteiger partial charge >= 0.3 is 0 Å². The van der Waals surface area contributed by atoms with E-state index >= 15 is 0 Å². The van der Waals surface area contributed by atoms with Gasteiger partial charge in [0.25, 0.3) is 0 Å². The minimum absolute atomic E-state index is 1.00. The molecule has 1 heterocycles. The largest absolute Gasteiger partial charge is 0.371 e. The summed E-state index contributed by atoms with van der Waals surface area (Å²) < 4.78 is 0. The van der Waals surface area contributed by atoms with Crippen LogP contribution < -0.4 is 4.90 Å². The summed E-state index contributed by atoms with van der Waals surface area (Å²) in [6.07, 6.45) is 2.97. The first-order chi connectivity index (χ1) is 10.4. The van der Waals surface area contributed by atoms with E-state index in [-0.39, 0.29) is 0 Å². The summed E-state index contributed by atoms with van der Waals surface area (Å²) in [5.41, 5.74) is 3.72. The van der Waals surface area contributed by atoms with Crippen molar-refractivity contribution in [2.24, 2.45) is 0 Å². The van der Waals surface area contributed by atoms with Gasteiger partial charge in [0, 0.05) is 30.4 Å². The monoisotopic (exact) mass is 276 g/mol. The normalized spacial score (nSPS) is 10.7. The number of nitrogens with zero attached hydrogens (tertiary/aromatic N) is 2. The van der Waals surface area contributed by atoms with E-state index in [1.54, 1.807) is 0 Å². The number of pyridine rings is 1. The zero-order chi connectivity index (χ0) is 14.5. The van der Waals surface area contributed by atoms with Gasteiger partial charge in [-0.15, -0.1) is 0 Å². The Morgan fingerprint density at radius 1 is 0.905 bits per heavy atom. The lowest BCUT2D eigenvalue weighted by molar-refractivity contribution is 0.811. The highest BCUT2D eigenvalue weighted by Gasteiger charge is 2.08. The molecule has 0 radical (unpaired) electrons. The number of anilines is 1. The average molecular weight is 276 g/mol. The molecule has 0 aliphatic carbocycles. The Kier molecular flexibility index (Phi) is 4.15. The Morgan fingerprint density at radius 2 is 1.67 bits per heavy atom. The third-order valence-corrected chi connectivity index (χ3v) is 3.86. The predicted molar refractivity (Wildman–Crippen MR) is 89.8 cm³/mol. The van der Waals surface area contributed by atoms with E-state index in [9.17, 15) is 0 Å². The summed E-state index contributed by atoms with van der Waals surface area (Å²) in [4.78, 5) is 6.88. The zero-order valence-electron chi connectivity index (χ0n) is 12.4. The highest BCUT2D eigenvalue weighted by atomic mass is 15.1. The molecule has 0 atom stereocenters. The molecule has 1 aromatic heterocycles. The topological polar surface area (TPSA) is 16.1 Å². The molecule has 2 nitrogen and oxygen atoms in total. The first-order valence-corrected chi connectivity index (χ1v) is 7.51. The lowest BCUT2D eigenvalue weighted by Gasteiger charge is -2.24. The lowest BCUT2D eigenvalue weighted by atomic mass is 10.1. The lowest BCUT2D eigenvalue weighted by Crippen LogP contribution is -2.25. The fraction of sp³-hybridized carbons (Fsp3) is 0.211. The maximum atomic E-state index is 4.45. The van der Waals surface area contributed by atoms with Crippen LogP contribution in [-0.2, 0) is 6.42 Å². The van der Waals surface area contributed by atoms with Crippen LogP contribution in [0.4, 0.5) is 5.69 Å². The van der Waals surface area contributed by atoms with Crippen molar-refractivity contribution in [1.29, 1.82) is 0 Å². The van der Waals surface area contributed by atoms with Gasteiger partial charge in [0.2, 0.25) is 0 Å². The van der Waals surface area contributed by atoms with E-state index in [1.807, 2.05) is 12.3 Å². The molecule has 21 heavy (non-hydrogen) atoms. The van der Waals surface area contributed by atoms with Crippen LogP contribution >= 0.6 is 0 Å². The van der Waals surface area contributed by atoms with Gasteiger partial charge in [-0.3, -0.25) is 4.98 Å². The van der Waals surface area contributed by atoms with E-state index in [1.165, 1.54) is 16.6 Å². The van der Waals surface area contributed by atoms with Crippen molar-refractivity contribution >= 4 is 16.6 Å². The van der Waals surface area contributed by atoms with Crippen molar-refractivity contribution in [2.75, 3.05) is 18.0 Å². The molecule has 0 saturated carbocycles. The number of benzene rings is 2. The molecule has 3 aromatic rings. The summed E-state index contributed by atoms with van der Waals surface area (Å²) in [5, 5.41) is 1.23. The molecule has 0 aliphatic heterocycles. The van der Waals surface area contributed by atoms with Crippen LogP contribution in [-0.4, -0.2) is 18.1 Å². The van der Waals surface area contributed by atoms with Crippen LogP contribution in [0.5, 0.6) is 0 Å². The molecule has 0 bridgehead atoms. The molecule has 0 fully saturated rings. The van der Waals surface area contributed by atoms with Crippen LogP contribution in [0.2, 0.25) is 0 Å². The van der Waals surface area contributed by atoms with Gasteiger partial charge in [-0.25, -0.2) is 0 Å². The minimum atomic E-state index is 1.00. The summed E-state index contributed by atoms with van der Waals surface area (Å²) in [7, 11) is 0. The molecule has 0 saturated heterocycles. The second kappa shape index (κ2) is 6.40. The summed E-state index contributed by atoms with van der Waals surface area (Å²) >= 11 is 0. The zero-order valence-corrected chi connectivity index (χ0v) is 12.4. The summed E-state index contributed by atoms with van der Waals surface area (Å²) in [6, 6.07) is 21.1. The van der Waals surface area contributed by atoms with Gasteiger partial charge in [-0.1, -0.05) is 48.5 Å². The van der Waals surface area contributed by atoms with Gasteiger partial charge < -0.3 is 4.90 Å². The average Bonchev–Trinajstić information content (AvgIpc) is 2.56. The number of rotatable bonds is 5. The van der Waals surface area contributed by atoms with Crippen molar-refractivity contribution in [3.05, 3.63) is 72.4 Å². The molecule has 0 amide bonds. The standard InChI is InChI=1S/C19H20N2/c1-2-21(15-13-16-8-4-3-5-9-16)19-12-14-20-18-11-7-6-10-17(18)19/h3-12,14H,2,13,15H2,1H3. The van der Waals surface area contributed by atoms with Gasteiger partial charge in [-0.05, 0) is 31.0 Å².